The van der Waals surface area contributed by atoms with Gasteiger partial charge in [0.2, 0.25) is 5.91 Å². The molecule has 3 rings (SSSR count). The highest BCUT2D eigenvalue weighted by Gasteiger charge is 2.27. The number of amides is 1. The van der Waals surface area contributed by atoms with Crippen molar-refractivity contribution in [2.45, 2.75) is 59.1 Å². The predicted octanol–water partition coefficient (Wildman–Crippen LogP) is 2.34. The highest BCUT2D eigenvalue weighted by atomic mass is 32.1. The average Bonchev–Trinajstić information content (AvgIpc) is 3.16. The van der Waals surface area contributed by atoms with E-state index in [9.17, 15) is 9.59 Å². The summed E-state index contributed by atoms with van der Waals surface area (Å²) in [4.78, 5) is 25.3. The summed E-state index contributed by atoms with van der Waals surface area (Å²) in [5.74, 6) is -0.117. The van der Waals surface area contributed by atoms with Crippen molar-refractivity contribution in [1.82, 2.24) is 20.2 Å². The van der Waals surface area contributed by atoms with Gasteiger partial charge in [-0.15, -0.1) is 16.4 Å². The van der Waals surface area contributed by atoms with Crippen LogP contribution in [0.5, 0.6) is 0 Å². The number of fused-ring (bicyclic) bond motifs is 1. The number of carbonyl (C=O) groups excluding carboxylic acids is 2. The molecule has 2 aromatic heterocycles. The van der Waals surface area contributed by atoms with Gasteiger partial charge >= 0.3 is 5.97 Å². The number of nitrogens with one attached hydrogen (secondary N) is 1. The molecule has 0 unspecified atom stereocenters. The minimum Gasteiger partial charge on any atom is -0.454 e. The monoisotopic (exact) mass is 363 g/mol. The summed E-state index contributed by atoms with van der Waals surface area (Å²) < 4.78 is 7.09. The van der Waals surface area contributed by atoms with Crippen molar-refractivity contribution in [3.05, 3.63) is 21.8 Å². The van der Waals surface area contributed by atoms with Crippen molar-refractivity contribution < 1.29 is 14.3 Å². The molecule has 0 fully saturated rings. The van der Waals surface area contributed by atoms with Crippen molar-refractivity contribution in [1.29, 1.82) is 0 Å². The van der Waals surface area contributed by atoms with Crippen LogP contribution >= 0.6 is 11.3 Å². The van der Waals surface area contributed by atoms with Crippen molar-refractivity contribution in [3.8, 4) is 0 Å². The molecule has 134 valence electrons. The van der Waals surface area contributed by atoms with Gasteiger partial charge in [0.1, 0.15) is 5.00 Å². The van der Waals surface area contributed by atoms with Crippen LogP contribution in [-0.2, 0) is 35.5 Å². The Labute approximate surface area is 149 Å². The van der Waals surface area contributed by atoms with E-state index in [1.807, 2.05) is 6.92 Å². The van der Waals surface area contributed by atoms with Crippen molar-refractivity contribution >= 4 is 28.2 Å². The lowest BCUT2D eigenvalue weighted by Gasteiger charge is -2.12. The summed E-state index contributed by atoms with van der Waals surface area (Å²) in [7, 11) is 0. The number of rotatable bonds is 6. The minimum atomic E-state index is -0.436. The molecule has 1 aliphatic carbocycles. The minimum absolute atomic E-state index is 0.00989. The fourth-order valence-corrected chi connectivity index (χ4v) is 4.27. The summed E-state index contributed by atoms with van der Waals surface area (Å²) in [6.45, 7) is 4.14. The van der Waals surface area contributed by atoms with E-state index < -0.39 is 5.97 Å². The molecule has 0 saturated carbocycles. The van der Waals surface area contributed by atoms with Gasteiger partial charge in [0, 0.05) is 18.3 Å². The largest absolute Gasteiger partial charge is 0.454 e. The Morgan fingerprint density at radius 3 is 2.88 bits per heavy atom. The first-order valence-corrected chi connectivity index (χ1v) is 9.26. The number of esters is 1. The topological polar surface area (TPSA) is 99.0 Å². The quantitative estimate of drug-likeness (QED) is 0.791. The molecular weight excluding hydrogens is 342 g/mol. The Bertz CT molecular complexity index is 783. The highest BCUT2D eigenvalue weighted by Crippen LogP contribution is 2.38. The van der Waals surface area contributed by atoms with Gasteiger partial charge < -0.3 is 10.1 Å². The van der Waals surface area contributed by atoms with Gasteiger partial charge in [0.15, 0.2) is 12.4 Å². The van der Waals surface area contributed by atoms with Crippen LogP contribution in [0.25, 0.3) is 0 Å². The third kappa shape index (κ3) is 3.87. The summed E-state index contributed by atoms with van der Waals surface area (Å²) >= 11 is 1.47. The van der Waals surface area contributed by atoms with E-state index in [2.05, 4.69) is 20.8 Å². The van der Waals surface area contributed by atoms with Gasteiger partial charge in [-0.25, -0.2) is 9.48 Å². The molecule has 9 heteroatoms. The van der Waals surface area contributed by atoms with Crippen LogP contribution in [0.2, 0.25) is 0 Å². The van der Waals surface area contributed by atoms with Crippen molar-refractivity contribution in [2.75, 3.05) is 5.32 Å². The fourth-order valence-electron chi connectivity index (χ4n) is 2.94. The van der Waals surface area contributed by atoms with E-state index in [-0.39, 0.29) is 12.5 Å². The van der Waals surface area contributed by atoms with Gasteiger partial charge in [-0.1, -0.05) is 6.92 Å². The number of ether oxygens (including phenoxy) is 1. The van der Waals surface area contributed by atoms with Gasteiger partial charge in [0.25, 0.3) is 0 Å². The van der Waals surface area contributed by atoms with Crippen LogP contribution in [0.1, 0.15) is 59.7 Å². The van der Waals surface area contributed by atoms with Crippen molar-refractivity contribution in [3.63, 3.8) is 0 Å². The van der Waals surface area contributed by atoms with E-state index in [0.29, 0.717) is 22.9 Å². The average molecular weight is 363 g/mol. The molecule has 8 nitrogen and oxygen atoms in total. The number of thiophene rings is 1. The standard InChI is InChI=1S/C16H21N5O3S/c1-3-8-21-13(18-19-20-21)9-24-16(23)14-11-6-4-5-7-12(11)25-15(14)17-10(2)22/h3-9H2,1-2H3,(H,17,22). The molecule has 2 heterocycles. The zero-order valence-corrected chi connectivity index (χ0v) is 15.2. The molecular formula is C16H21N5O3S. The molecule has 0 bridgehead atoms. The summed E-state index contributed by atoms with van der Waals surface area (Å²) in [5, 5.41) is 14.8. The van der Waals surface area contributed by atoms with Crippen LogP contribution in [-0.4, -0.2) is 32.1 Å². The molecule has 0 aromatic carbocycles. The van der Waals surface area contributed by atoms with E-state index >= 15 is 0 Å². The molecule has 1 aliphatic rings. The Balaban J connectivity index is 1.80. The maximum absolute atomic E-state index is 12.7. The molecule has 1 N–H and O–H groups in total. The molecule has 0 radical (unpaired) electrons. The second kappa shape index (κ2) is 7.73. The summed E-state index contributed by atoms with van der Waals surface area (Å²) in [6, 6.07) is 0. The van der Waals surface area contributed by atoms with Gasteiger partial charge in [-0.3, -0.25) is 4.79 Å². The maximum Gasteiger partial charge on any atom is 0.341 e. The molecule has 1 amide bonds. The van der Waals surface area contributed by atoms with E-state index in [0.717, 1.165) is 42.5 Å². The molecule has 0 saturated heterocycles. The predicted molar refractivity (Wildman–Crippen MR) is 92.5 cm³/mol. The Hall–Kier alpha value is -2.29. The number of hydrogen-bond acceptors (Lipinski definition) is 7. The second-order valence-corrected chi connectivity index (χ2v) is 7.10. The lowest BCUT2D eigenvalue weighted by Crippen LogP contribution is -2.15. The lowest BCUT2D eigenvalue weighted by molar-refractivity contribution is -0.114. The third-order valence-corrected chi connectivity index (χ3v) is 5.25. The lowest BCUT2D eigenvalue weighted by atomic mass is 9.95. The highest BCUT2D eigenvalue weighted by molar-refractivity contribution is 7.17. The molecule has 0 atom stereocenters. The van der Waals surface area contributed by atoms with Crippen LogP contribution < -0.4 is 5.32 Å². The number of carbonyl (C=O) groups is 2. The van der Waals surface area contributed by atoms with Crippen molar-refractivity contribution in [2.24, 2.45) is 0 Å². The normalized spacial score (nSPS) is 13.4. The molecule has 0 aliphatic heterocycles. The maximum atomic E-state index is 12.7. The summed E-state index contributed by atoms with van der Waals surface area (Å²) in [5.41, 5.74) is 1.50. The van der Waals surface area contributed by atoms with Crippen LogP contribution in [0, 0.1) is 0 Å². The smallest absolute Gasteiger partial charge is 0.341 e. The number of anilines is 1. The van der Waals surface area contributed by atoms with Crippen LogP contribution in [0.15, 0.2) is 0 Å². The Kier molecular flexibility index (Phi) is 5.42. The number of aryl methyl sites for hydroxylation is 2. The number of tetrazole rings is 1. The van der Waals surface area contributed by atoms with Gasteiger partial charge in [-0.05, 0) is 48.1 Å². The number of hydrogen-bond donors (Lipinski definition) is 1. The SMILES string of the molecule is CCCn1nnnc1COC(=O)c1c(NC(C)=O)sc2c1CCCC2. The molecule has 25 heavy (non-hydrogen) atoms. The first-order chi connectivity index (χ1) is 12.1. The third-order valence-electron chi connectivity index (χ3n) is 4.04. The second-order valence-electron chi connectivity index (χ2n) is 5.99. The first kappa shape index (κ1) is 17.5. The Morgan fingerprint density at radius 1 is 1.32 bits per heavy atom. The summed E-state index contributed by atoms with van der Waals surface area (Å²) in [6.07, 6.45) is 4.81. The zero-order chi connectivity index (χ0) is 17.8. The van der Waals surface area contributed by atoms with E-state index in [1.165, 1.54) is 18.3 Å². The zero-order valence-electron chi connectivity index (χ0n) is 14.4. The molecule has 2 aromatic rings. The Morgan fingerprint density at radius 2 is 2.12 bits per heavy atom. The van der Waals surface area contributed by atoms with Crippen LogP contribution in [0.4, 0.5) is 5.00 Å². The first-order valence-electron chi connectivity index (χ1n) is 8.44. The van der Waals surface area contributed by atoms with E-state index in [1.54, 1.807) is 4.68 Å². The van der Waals surface area contributed by atoms with Gasteiger partial charge in [0.05, 0.1) is 5.56 Å². The van der Waals surface area contributed by atoms with Crippen LogP contribution in [0.3, 0.4) is 0 Å². The fraction of sp³-hybridized carbons (Fsp3) is 0.562. The number of nitrogens with zero attached hydrogens (tertiary/aromatic N) is 4. The number of aromatic nitrogens is 4. The van der Waals surface area contributed by atoms with E-state index in [4.69, 9.17) is 4.74 Å². The van der Waals surface area contributed by atoms with Gasteiger partial charge in [-0.2, -0.15) is 0 Å². The molecule has 0 spiro atoms.